The molecule has 2 heterocycles. The molecule has 1 aliphatic rings. The monoisotopic (exact) mass is 276 g/mol. The number of hydrogen-bond acceptors (Lipinski definition) is 4. The Bertz CT molecular complexity index is 444. The molecular weight excluding hydrogens is 248 g/mol. The number of aryl methyl sites for hydroxylation is 1. The van der Waals surface area contributed by atoms with E-state index in [1.807, 2.05) is 7.05 Å². The fraction of sp³-hybridized carbons (Fsp3) is 0.750. The van der Waals surface area contributed by atoms with Crippen LogP contribution in [0.5, 0.6) is 0 Å². The normalized spacial score (nSPS) is 19.8. The number of rotatable bonds is 4. The quantitative estimate of drug-likeness (QED) is 0.913. The Labute approximate surface area is 123 Å². The van der Waals surface area contributed by atoms with Crippen LogP contribution in [-0.2, 0) is 6.42 Å². The summed E-state index contributed by atoms with van der Waals surface area (Å²) in [5.74, 6) is 3.09. The van der Waals surface area contributed by atoms with E-state index in [0.29, 0.717) is 6.04 Å². The van der Waals surface area contributed by atoms with Crippen LogP contribution in [0.3, 0.4) is 0 Å². The van der Waals surface area contributed by atoms with Crippen molar-refractivity contribution in [3.05, 3.63) is 11.4 Å². The molecule has 0 aliphatic carbocycles. The molecule has 1 unspecified atom stereocenters. The van der Waals surface area contributed by atoms with E-state index in [2.05, 4.69) is 36.0 Å². The molecule has 0 amide bonds. The maximum absolute atomic E-state index is 4.86. The van der Waals surface area contributed by atoms with Gasteiger partial charge in [0.15, 0.2) is 0 Å². The Kier molecular flexibility index (Phi) is 5.21. The Morgan fingerprint density at radius 3 is 2.75 bits per heavy atom. The van der Waals surface area contributed by atoms with E-state index in [0.717, 1.165) is 36.8 Å². The van der Waals surface area contributed by atoms with Crippen LogP contribution in [0.1, 0.15) is 57.3 Å². The van der Waals surface area contributed by atoms with Gasteiger partial charge in [-0.3, -0.25) is 0 Å². The topological polar surface area (TPSA) is 41.1 Å². The van der Waals surface area contributed by atoms with Crippen LogP contribution >= 0.6 is 0 Å². The summed E-state index contributed by atoms with van der Waals surface area (Å²) >= 11 is 0. The van der Waals surface area contributed by atoms with Gasteiger partial charge in [-0.2, -0.15) is 0 Å². The van der Waals surface area contributed by atoms with Gasteiger partial charge in [-0.1, -0.05) is 19.8 Å². The molecule has 0 bridgehead atoms. The molecule has 2 rings (SSSR count). The molecule has 1 fully saturated rings. The fourth-order valence-corrected chi connectivity index (χ4v) is 3.00. The second-order valence-corrected chi connectivity index (χ2v) is 5.83. The van der Waals surface area contributed by atoms with Crippen molar-refractivity contribution < 1.29 is 0 Å². The minimum atomic E-state index is 0.574. The minimum absolute atomic E-state index is 0.574. The van der Waals surface area contributed by atoms with Crippen LogP contribution in [0.25, 0.3) is 0 Å². The van der Waals surface area contributed by atoms with Gasteiger partial charge in [-0.05, 0) is 33.1 Å². The first-order valence-corrected chi connectivity index (χ1v) is 7.99. The van der Waals surface area contributed by atoms with Crippen LogP contribution < -0.4 is 10.2 Å². The number of anilines is 2. The largest absolute Gasteiger partial charge is 0.373 e. The van der Waals surface area contributed by atoms with Gasteiger partial charge in [0.05, 0.1) is 0 Å². The molecule has 4 nitrogen and oxygen atoms in total. The van der Waals surface area contributed by atoms with E-state index >= 15 is 0 Å². The summed E-state index contributed by atoms with van der Waals surface area (Å²) in [6.07, 6.45) is 7.24. The van der Waals surface area contributed by atoms with Crippen molar-refractivity contribution in [3.63, 3.8) is 0 Å². The molecule has 1 aromatic rings. The summed E-state index contributed by atoms with van der Waals surface area (Å²) < 4.78 is 0. The third-order valence-electron chi connectivity index (χ3n) is 4.20. The van der Waals surface area contributed by atoms with Crippen molar-refractivity contribution in [1.29, 1.82) is 0 Å². The highest BCUT2D eigenvalue weighted by Gasteiger charge is 2.22. The molecule has 1 N–H and O–H groups in total. The summed E-state index contributed by atoms with van der Waals surface area (Å²) in [6, 6.07) is 0.574. The van der Waals surface area contributed by atoms with E-state index in [9.17, 15) is 0 Å². The summed E-state index contributed by atoms with van der Waals surface area (Å²) in [4.78, 5) is 12.0. The van der Waals surface area contributed by atoms with Gasteiger partial charge in [0.2, 0.25) is 0 Å². The first-order chi connectivity index (χ1) is 9.67. The third-order valence-corrected chi connectivity index (χ3v) is 4.20. The number of aromatic nitrogens is 2. The lowest BCUT2D eigenvalue weighted by Gasteiger charge is -2.30. The molecule has 1 saturated heterocycles. The second kappa shape index (κ2) is 6.91. The van der Waals surface area contributed by atoms with Crippen LogP contribution in [0.15, 0.2) is 0 Å². The first-order valence-electron chi connectivity index (χ1n) is 7.99. The zero-order valence-electron chi connectivity index (χ0n) is 13.4. The molecule has 1 aliphatic heterocycles. The highest BCUT2D eigenvalue weighted by molar-refractivity contribution is 5.59. The molecule has 1 aromatic heterocycles. The lowest BCUT2D eigenvalue weighted by molar-refractivity contribution is 0.607. The van der Waals surface area contributed by atoms with Crippen LogP contribution in [-0.4, -0.2) is 29.6 Å². The van der Waals surface area contributed by atoms with Gasteiger partial charge in [-0.25, -0.2) is 9.97 Å². The Morgan fingerprint density at radius 1 is 1.25 bits per heavy atom. The lowest BCUT2D eigenvalue weighted by Crippen LogP contribution is -2.34. The zero-order valence-corrected chi connectivity index (χ0v) is 13.4. The van der Waals surface area contributed by atoms with Crippen molar-refractivity contribution in [2.24, 2.45) is 0 Å². The van der Waals surface area contributed by atoms with Crippen LogP contribution in [0.4, 0.5) is 11.6 Å². The maximum Gasteiger partial charge on any atom is 0.137 e. The van der Waals surface area contributed by atoms with E-state index in [4.69, 9.17) is 4.98 Å². The third kappa shape index (κ3) is 3.22. The van der Waals surface area contributed by atoms with Crippen molar-refractivity contribution >= 4 is 11.6 Å². The Balaban J connectivity index is 2.39. The van der Waals surface area contributed by atoms with Gasteiger partial charge in [-0.15, -0.1) is 0 Å². The maximum atomic E-state index is 4.86. The molecule has 0 saturated carbocycles. The number of hydrogen-bond donors (Lipinski definition) is 1. The molecule has 112 valence electrons. The van der Waals surface area contributed by atoms with Gasteiger partial charge < -0.3 is 10.2 Å². The van der Waals surface area contributed by atoms with E-state index in [-0.39, 0.29) is 0 Å². The van der Waals surface area contributed by atoms with Crippen LogP contribution in [0.2, 0.25) is 0 Å². The molecule has 0 radical (unpaired) electrons. The highest BCUT2D eigenvalue weighted by atomic mass is 15.2. The zero-order chi connectivity index (χ0) is 14.5. The Morgan fingerprint density at radius 2 is 2.05 bits per heavy atom. The Hall–Kier alpha value is -1.32. The molecule has 20 heavy (non-hydrogen) atoms. The summed E-state index contributed by atoms with van der Waals surface area (Å²) in [5.41, 5.74) is 1.18. The molecule has 1 atom stereocenters. The van der Waals surface area contributed by atoms with Crippen molar-refractivity contribution in [2.45, 2.75) is 65.3 Å². The number of nitrogens with one attached hydrogen (secondary N) is 1. The van der Waals surface area contributed by atoms with Gasteiger partial charge in [0.25, 0.3) is 0 Å². The molecular formula is C16H28N4. The van der Waals surface area contributed by atoms with E-state index in [1.165, 1.54) is 31.2 Å². The average Bonchev–Trinajstić information content (AvgIpc) is 2.65. The predicted molar refractivity (Wildman–Crippen MR) is 85.6 cm³/mol. The number of nitrogens with zero attached hydrogens (tertiary/aromatic N) is 3. The standard InChI is InChI=1S/C16H28N4/c1-5-9-14-18-15(17-4)13(3)16(19-14)20-11-8-6-7-10-12(20)2/h12H,5-11H2,1-4H3,(H,17,18,19). The fourth-order valence-electron chi connectivity index (χ4n) is 3.00. The summed E-state index contributed by atoms with van der Waals surface area (Å²) in [7, 11) is 1.95. The second-order valence-electron chi connectivity index (χ2n) is 5.83. The van der Waals surface area contributed by atoms with E-state index in [1.54, 1.807) is 0 Å². The lowest BCUT2D eigenvalue weighted by atomic mass is 10.1. The van der Waals surface area contributed by atoms with Crippen LogP contribution in [0, 0.1) is 6.92 Å². The summed E-state index contributed by atoms with van der Waals surface area (Å²) in [6.45, 7) is 7.75. The van der Waals surface area contributed by atoms with Crippen molar-refractivity contribution in [1.82, 2.24) is 9.97 Å². The van der Waals surface area contributed by atoms with Gasteiger partial charge >= 0.3 is 0 Å². The SMILES string of the molecule is CCCc1nc(NC)c(C)c(N2CCCCCC2C)n1. The molecule has 4 heteroatoms. The predicted octanol–water partition coefficient (Wildman–Crippen LogP) is 3.55. The van der Waals surface area contributed by atoms with Crippen molar-refractivity contribution in [3.8, 4) is 0 Å². The minimum Gasteiger partial charge on any atom is -0.373 e. The van der Waals surface area contributed by atoms with Gasteiger partial charge in [0.1, 0.15) is 17.5 Å². The van der Waals surface area contributed by atoms with E-state index < -0.39 is 0 Å². The molecule has 0 spiro atoms. The summed E-state index contributed by atoms with van der Waals surface area (Å²) in [5, 5.41) is 3.23. The average molecular weight is 276 g/mol. The highest BCUT2D eigenvalue weighted by Crippen LogP contribution is 2.28. The smallest absolute Gasteiger partial charge is 0.137 e. The first kappa shape index (κ1) is 15.1. The van der Waals surface area contributed by atoms with Crippen molar-refractivity contribution in [2.75, 3.05) is 23.8 Å². The van der Waals surface area contributed by atoms with Gasteiger partial charge in [0, 0.05) is 31.6 Å². The molecule has 0 aromatic carbocycles.